The van der Waals surface area contributed by atoms with E-state index < -0.39 is 38.2 Å². The van der Waals surface area contributed by atoms with Crippen LogP contribution in [0, 0.1) is 0 Å². The molecule has 0 heterocycles. The van der Waals surface area contributed by atoms with Gasteiger partial charge in [0.25, 0.3) is 0 Å². The van der Waals surface area contributed by atoms with Crippen LogP contribution in [-0.4, -0.2) is 41.5 Å². The van der Waals surface area contributed by atoms with Gasteiger partial charge in [-0.2, -0.15) is 0 Å². The maximum absolute atomic E-state index is 9.79. The van der Waals surface area contributed by atoms with Gasteiger partial charge in [-0.05, 0) is 6.42 Å². The predicted molar refractivity (Wildman–Crippen MR) is 45.2 cm³/mol. The van der Waals surface area contributed by atoms with Gasteiger partial charge < -0.3 is 10.2 Å². The molecule has 88 valence electrons. The van der Waals surface area contributed by atoms with E-state index in [-0.39, 0.29) is 19.3 Å². The Bertz CT molecular complexity index is 248. The number of hydrogen-bond donors (Lipinski definition) is 4. The molecule has 9 heteroatoms. The molecular formula is C7H10O8Zn. The fraction of sp³-hybridized carbons (Fsp3) is 0.429. The number of aliphatic carboxylic acids is 2. The Morgan fingerprint density at radius 1 is 0.750 bits per heavy atom. The van der Waals surface area contributed by atoms with Gasteiger partial charge in [-0.1, -0.05) is 0 Å². The topological polar surface area (TPSA) is 149 Å². The summed E-state index contributed by atoms with van der Waals surface area (Å²) in [6.45, 7) is 0. The van der Waals surface area contributed by atoms with Crippen LogP contribution < -0.4 is 0 Å². The Labute approximate surface area is 97.5 Å². The molecular weight excluding hydrogens is 277 g/mol. The van der Waals surface area contributed by atoms with Gasteiger partial charge in [0, 0.05) is 12.8 Å². The summed E-state index contributed by atoms with van der Waals surface area (Å²) < 4.78 is -2.25. The van der Waals surface area contributed by atoms with Crippen molar-refractivity contribution in [1.82, 2.24) is 0 Å². The Morgan fingerprint density at radius 3 is 1.19 bits per heavy atom. The molecule has 0 aliphatic rings. The van der Waals surface area contributed by atoms with Crippen molar-refractivity contribution in [2.45, 2.75) is 19.3 Å². The third-order valence-corrected chi connectivity index (χ3v) is 2.35. The Hall–Kier alpha value is -1.50. The molecule has 0 bridgehead atoms. The van der Waals surface area contributed by atoms with E-state index in [1.54, 1.807) is 0 Å². The van der Waals surface area contributed by atoms with Crippen molar-refractivity contribution < 1.29 is 56.7 Å². The van der Waals surface area contributed by atoms with Crippen LogP contribution in [0.4, 0.5) is 9.59 Å². The molecule has 0 aliphatic heterocycles. The van der Waals surface area contributed by atoms with Crippen LogP contribution in [0.3, 0.4) is 0 Å². The average molecular weight is 288 g/mol. The van der Waals surface area contributed by atoms with E-state index in [2.05, 4.69) is 0 Å². The van der Waals surface area contributed by atoms with Gasteiger partial charge in [0.15, 0.2) is 0 Å². The molecule has 0 amide bonds. The van der Waals surface area contributed by atoms with Crippen molar-refractivity contribution in [3.63, 3.8) is 0 Å². The van der Waals surface area contributed by atoms with Crippen molar-refractivity contribution in [2.24, 2.45) is 0 Å². The Morgan fingerprint density at radius 2 is 1.06 bits per heavy atom. The van der Waals surface area contributed by atoms with Gasteiger partial charge in [-0.3, -0.25) is 9.59 Å². The molecule has 0 radical (unpaired) electrons. The molecule has 0 aromatic heterocycles. The van der Waals surface area contributed by atoms with Crippen LogP contribution in [0.15, 0.2) is 0 Å². The summed E-state index contributed by atoms with van der Waals surface area (Å²) in [5, 5.41) is 31.6. The zero-order valence-corrected chi connectivity index (χ0v) is 11.2. The summed E-state index contributed by atoms with van der Waals surface area (Å²) in [6.07, 6.45) is 0.0866. The summed E-state index contributed by atoms with van der Waals surface area (Å²) in [6, 6.07) is 0. The van der Waals surface area contributed by atoms with E-state index in [9.17, 15) is 19.2 Å². The molecule has 0 fully saturated rings. The van der Waals surface area contributed by atoms with E-state index >= 15 is 0 Å². The first-order chi connectivity index (χ1) is 7.25. The molecule has 0 saturated heterocycles. The minimum absolute atomic E-state index is 0.0632. The molecule has 16 heavy (non-hydrogen) atoms. The van der Waals surface area contributed by atoms with E-state index in [0.29, 0.717) is 0 Å². The van der Waals surface area contributed by atoms with Crippen molar-refractivity contribution >= 4 is 21.1 Å². The molecule has 0 spiro atoms. The molecule has 0 unspecified atom stereocenters. The second-order valence-electron chi connectivity index (χ2n) is 2.61. The summed E-state index contributed by atoms with van der Waals surface area (Å²) in [4.78, 5) is 38.6. The molecule has 0 rings (SSSR count). The maximum atomic E-state index is 9.79. The molecule has 4 N–H and O–H groups in total. The number of hydrogen-bond acceptors (Lipinski definition) is 4. The Balaban J connectivity index is 0. The summed E-state index contributed by atoms with van der Waals surface area (Å²) in [5.74, 6) is -1.90. The number of carbonyl (C=O) groups is 4. The molecule has 0 atom stereocenters. The third-order valence-electron chi connectivity index (χ3n) is 1.08. The minimum atomic E-state index is -2.26. The van der Waals surface area contributed by atoms with Crippen molar-refractivity contribution in [3.8, 4) is 0 Å². The van der Waals surface area contributed by atoms with Crippen LogP contribution in [0.5, 0.6) is 0 Å². The zero-order valence-electron chi connectivity index (χ0n) is 8.25. The second kappa shape index (κ2) is 10.0. The summed E-state index contributed by atoms with van der Waals surface area (Å²) in [7, 11) is 0. The zero-order chi connectivity index (χ0) is 13.1. The Kier molecular flexibility index (Phi) is 10.6. The van der Waals surface area contributed by atoms with Gasteiger partial charge in [-0.15, -0.1) is 0 Å². The van der Waals surface area contributed by atoms with E-state index in [1.807, 2.05) is 0 Å². The molecule has 8 nitrogen and oxygen atoms in total. The fourth-order valence-corrected chi connectivity index (χ4v) is 1.06. The molecule has 0 aliphatic carbocycles. The first-order valence-electron chi connectivity index (χ1n) is 4.13. The van der Waals surface area contributed by atoms with Crippen LogP contribution in [0.2, 0.25) is 0 Å². The van der Waals surface area contributed by atoms with Crippen molar-refractivity contribution in [1.29, 1.82) is 0 Å². The van der Waals surface area contributed by atoms with Crippen LogP contribution in [-0.2, 0) is 26.7 Å². The van der Waals surface area contributed by atoms with E-state index in [4.69, 9.17) is 20.4 Å². The second-order valence-corrected chi connectivity index (χ2v) is 5.89. The average Bonchev–Trinajstić information content (AvgIpc) is 2.00. The quantitative estimate of drug-likeness (QED) is 0.523. The monoisotopic (exact) mass is 286 g/mol. The first kappa shape index (κ1) is 16.9. The number of rotatable bonds is 6. The van der Waals surface area contributed by atoms with Gasteiger partial charge in [-0.25, -0.2) is 0 Å². The van der Waals surface area contributed by atoms with E-state index in [0.717, 1.165) is 0 Å². The number of carboxylic acid groups (broad SMARTS) is 4. The number of carboxylic acids is 2. The van der Waals surface area contributed by atoms with Crippen LogP contribution in [0.25, 0.3) is 0 Å². The molecule has 0 saturated carbocycles. The predicted octanol–water partition coefficient (Wildman–Crippen LogP) is 0.751. The summed E-state index contributed by atoms with van der Waals surface area (Å²) >= 11 is -2.26. The third kappa shape index (κ3) is 22.9. The van der Waals surface area contributed by atoms with Crippen molar-refractivity contribution in [2.75, 3.05) is 0 Å². The van der Waals surface area contributed by atoms with Crippen molar-refractivity contribution in [3.05, 3.63) is 0 Å². The SMILES string of the molecule is O=C(O)CCCC(=O)O.O=[C](O)[Zn][C](=O)O. The standard InChI is InChI=1S/C5H8O4.2CHO2.Zn/c6-4(7)2-1-3-5(8)9;2*2-1-3;/h1-3H2,(H,6,7)(H,8,9);2*(H,2,3);. The van der Waals surface area contributed by atoms with Gasteiger partial charge >= 0.3 is 58.0 Å². The fourth-order valence-electron chi connectivity index (χ4n) is 0.520. The van der Waals surface area contributed by atoms with Gasteiger partial charge in [0.2, 0.25) is 0 Å². The van der Waals surface area contributed by atoms with Gasteiger partial charge in [0.1, 0.15) is 0 Å². The first-order valence-corrected chi connectivity index (χ1v) is 7.09. The van der Waals surface area contributed by atoms with Crippen LogP contribution >= 0.6 is 0 Å². The normalized spacial score (nSPS) is 8.00. The van der Waals surface area contributed by atoms with Gasteiger partial charge in [0.05, 0.1) is 0 Å². The van der Waals surface area contributed by atoms with E-state index in [1.165, 1.54) is 0 Å². The van der Waals surface area contributed by atoms with Crippen LogP contribution in [0.1, 0.15) is 19.3 Å². The summed E-state index contributed by atoms with van der Waals surface area (Å²) in [5.41, 5.74) is 0. The molecule has 0 aromatic rings. The molecule has 0 aromatic carbocycles.